The highest BCUT2D eigenvalue weighted by molar-refractivity contribution is 6.58. The first-order valence-corrected chi connectivity index (χ1v) is 9.16. The van der Waals surface area contributed by atoms with Gasteiger partial charge in [0.15, 0.2) is 0 Å². The van der Waals surface area contributed by atoms with Gasteiger partial charge >= 0.3 is 0 Å². The van der Waals surface area contributed by atoms with E-state index >= 15 is 0 Å². The van der Waals surface area contributed by atoms with Gasteiger partial charge in [-0.05, 0) is 0 Å². The lowest BCUT2D eigenvalue weighted by Crippen LogP contribution is -2.33. The van der Waals surface area contributed by atoms with E-state index in [0.29, 0.717) is 0 Å². The van der Waals surface area contributed by atoms with Gasteiger partial charge in [0.25, 0.3) is 6.43 Å². The molecule has 0 spiro atoms. The molecule has 1 rings (SSSR count). The summed E-state index contributed by atoms with van der Waals surface area (Å²) >= 11 is 0. The fourth-order valence-corrected chi connectivity index (χ4v) is 3.42. The Morgan fingerprint density at radius 2 is 1.89 bits per heavy atom. The summed E-state index contributed by atoms with van der Waals surface area (Å²) in [5.74, 6) is -0.229. The van der Waals surface area contributed by atoms with Gasteiger partial charge in [-0.3, -0.25) is 4.79 Å². The average Bonchev–Trinajstić information content (AvgIpc) is 2.57. The summed E-state index contributed by atoms with van der Waals surface area (Å²) in [4.78, 5) is 10.6. The van der Waals surface area contributed by atoms with Gasteiger partial charge in [-0.2, -0.15) is 0 Å². The minimum Gasteiger partial charge on any atom is -0.370 e. The van der Waals surface area contributed by atoms with Gasteiger partial charge in [0, 0.05) is 21.8 Å². The fourth-order valence-electron chi connectivity index (χ4n) is 1.69. The van der Waals surface area contributed by atoms with Crippen molar-refractivity contribution in [3.63, 3.8) is 0 Å². The Hall–Kier alpha value is -0.493. The zero-order chi connectivity index (χ0) is 14.0. The smallest absolute Gasteiger partial charge is 0.266 e. The van der Waals surface area contributed by atoms with Crippen LogP contribution in [0.2, 0.25) is 18.1 Å². The zero-order valence-electron chi connectivity index (χ0n) is 11.5. The van der Waals surface area contributed by atoms with Crippen LogP contribution in [0, 0.1) is 0 Å². The Bertz CT molecular complexity index is 221. The van der Waals surface area contributed by atoms with Gasteiger partial charge < -0.3 is 10.1 Å². The highest BCUT2D eigenvalue weighted by atomic mass is 28.3. The second kappa shape index (κ2) is 10.4. The number of hydrogen-bond donors (Lipinski definition) is 1. The molecule has 1 atom stereocenters. The first kappa shape index (κ1) is 17.5. The Balaban J connectivity index is 0.000000360. The van der Waals surface area contributed by atoms with Crippen LogP contribution in [0.15, 0.2) is 0 Å². The Morgan fingerprint density at radius 1 is 1.33 bits per heavy atom. The van der Waals surface area contributed by atoms with Gasteiger partial charge in [-0.1, -0.05) is 38.9 Å². The van der Waals surface area contributed by atoms with Crippen molar-refractivity contribution in [2.24, 2.45) is 0 Å². The van der Waals surface area contributed by atoms with Crippen LogP contribution in [0.25, 0.3) is 0 Å². The number of ether oxygens (including phenoxy) is 1. The molecule has 18 heavy (non-hydrogen) atoms. The molecule has 1 fully saturated rings. The fraction of sp³-hybridized carbons (Fsp3) is 0.917. The van der Waals surface area contributed by atoms with Crippen molar-refractivity contribution >= 4 is 14.7 Å². The first-order valence-electron chi connectivity index (χ1n) is 6.71. The number of amides is 1. The van der Waals surface area contributed by atoms with Gasteiger partial charge in [-0.25, -0.2) is 8.78 Å². The van der Waals surface area contributed by atoms with E-state index < -0.39 is 12.5 Å². The van der Waals surface area contributed by atoms with Crippen molar-refractivity contribution in [1.29, 1.82) is 0 Å². The molecule has 0 aromatic heterocycles. The molecule has 3 nitrogen and oxygen atoms in total. The molecule has 0 unspecified atom stereocenters. The van der Waals surface area contributed by atoms with Crippen molar-refractivity contribution in [1.82, 2.24) is 5.32 Å². The molecule has 108 valence electrons. The summed E-state index contributed by atoms with van der Waals surface area (Å²) in [6.45, 7) is 6.97. The van der Waals surface area contributed by atoms with Gasteiger partial charge in [0.1, 0.15) is 6.10 Å². The summed E-state index contributed by atoms with van der Waals surface area (Å²) in [6, 6.07) is 4.48. The van der Waals surface area contributed by atoms with Crippen LogP contribution in [0.1, 0.15) is 27.2 Å². The maximum Gasteiger partial charge on any atom is 0.266 e. The number of rotatable bonds is 4. The van der Waals surface area contributed by atoms with Crippen LogP contribution in [-0.2, 0) is 9.53 Å². The molecule has 1 aliphatic heterocycles. The third kappa shape index (κ3) is 7.76. The van der Waals surface area contributed by atoms with E-state index in [9.17, 15) is 13.6 Å². The molecule has 1 aliphatic rings. The van der Waals surface area contributed by atoms with Gasteiger partial charge in [0.05, 0.1) is 6.61 Å². The zero-order valence-corrected chi connectivity index (χ0v) is 12.7. The minimum absolute atomic E-state index is 0.0842. The summed E-state index contributed by atoms with van der Waals surface area (Å²) in [6.07, 6.45) is -3.49. The van der Waals surface area contributed by atoms with Crippen LogP contribution in [0.3, 0.4) is 0 Å². The van der Waals surface area contributed by atoms with Crippen molar-refractivity contribution in [3.05, 3.63) is 0 Å². The maximum atomic E-state index is 12.0. The molecule has 0 aromatic carbocycles. The molecule has 0 bridgehead atoms. The third-order valence-corrected chi connectivity index (χ3v) is 6.64. The third-order valence-electron chi connectivity index (χ3n) is 3.17. The average molecular weight is 281 g/mol. The van der Waals surface area contributed by atoms with Crippen molar-refractivity contribution in [2.45, 2.75) is 57.9 Å². The Morgan fingerprint density at radius 3 is 2.28 bits per heavy atom. The summed E-state index contributed by atoms with van der Waals surface area (Å²) in [7, 11) is -0.171. The standard InChI is InChI=1S/C6H9F2NO2.C6H16Si/c7-6(8)4-3-9-5(10)1-2-11-4;1-4-7(5-2)6-3/h4,6H,1-3H2,(H,9,10);7H,4-6H2,1-3H3/t4-;/m0./s1. The quantitative estimate of drug-likeness (QED) is 0.804. The molecule has 1 heterocycles. The van der Waals surface area contributed by atoms with E-state index in [2.05, 4.69) is 26.1 Å². The van der Waals surface area contributed by atoms with E-state index in [1.165, 1.54) is 18.1 Å². The predicted molar refractivity (Wildman–Crippen MR) is 72.0 cm³/mol. The van der Waals surface area contributed by atoms with Crippen LogP contribution >= 0.6 is 0 Å². The second-order valence-electron chi connectivity index (χ2n) is 4.39. The first-order chi connectivity index (χ1) is 8.54. The van der Waals surface area contributed by atoms with Gasteiger partial charge in [0.2, 0.25) is 5.91 Å². The largest absolute Gasteiger partial charge is 0.370 e. The van der Waals surface area contributed by atoms with Crippen LogP contribution < -0.4 is 5.32 Å². The topological polar surface area (TPSA) is 38.3 Å². The van der Waals surface area contributed by atoms with E-state index in [-0.39, 0.29) is 34.3 Å². The lowest BCUT2D eigenvalue weighted by atomic mass is 10.4. The van der Waals surface area contributed by atoms with Crippen LogP contribution in [0.5, 0.6) is 0 Å². The minimum atomic E-state index is -2.52. The molecular weight excluding hydrogens is 256 g/mol. The molecule has 0 aliphatic carbocycles. The van der Waals surface area contributed by atoms with Crippen LogP contribution in [-0.4, -0.2) is 40.4 Å². The van der Waals surface area contributed by atoms with Crippen molar-refractivity contribution < 1.29 is 18.3 Å². The van der Waals surface area contributed by atoms with E-state index in [4.69, 9.17) is 4.74 Å². The lowest BCUT2D eigenvalue weighted by molar-refractivity contribution is -0.120. The summed E-state index contributed by atoms with van der Waals surface area (Å²) in [5, 5.41) is 2.33. The monoisotopic (exact) mass is 281 g/mol. The predicted octanol–water partition coefficient (Wildman–Crippen LogP) is 2.43. The van der Waals surface area contributed by atoms with E-state index in [1.807, 2.05) is 0 Å². The summed E-state index contributed by atoms with van der Waals surface area (Å²) < 4.78 is 28.6. The molecule has 0 aromatic rings. The molecular formula is C12H25F2NO2Si. The molecule has 1 saturated heterocycles. The molecule has 0 radical (unpaired) electrons. The molecule has 0 saturated carbocycles. The molecule has 6 heteroatoms. The number of carbonyl (C=O) groups is 1. The normalized spacial score (nSPS) is 20.2. The highest BCUT2D eigenvalue weighted by Crippen LogP contribution is 2.07. The lowest BCUT2D eigenvalue weighted by Gasteiger charge is -2.12. The van der Waals surface area contributed by atoms with Crippen molar-refractivity contribution in [2.75, 3.05) is 13.2 Å². The SMILES string of the molecule is CC[SiH](CC)CC.O=C1CCO[C@H](C(F)F)CN1. The van der Waals surface area contributed by atoms with Crippen LogP contribution in [0.4, 0.5) is 8.78 Å². The van der Waals surface area contributed by atoms with E-state index in [1.54, 1.807) is 0 Å². The maximum absolute atomic E-state index is 12.0. The number of hydrogen-bond acceptors (Lipinski definition) is 2. The number of carbonyl (C=O) groups excluding carboxylic acids is 1. The summed E-state index contributed by atoms with van der Waals surface area (Å²) in [5.41, 5.74) is 0. The number of nitrogens with one attached hydrogen (secondary N) is 1. The number of halogens is 2. The second-order valence-corrected chi connectivity index (χ2v) is 8.57. The van der Waals surface area contributed by atoms with E-state index in [0.717, 1.165) is 0 Å². The Kier molecular flexibility index (Phi) is 10.1. The Labute approximate surface area is 110 Å². The highest BCUT2D eigenvalue weighted by Gasteiger charge is 2.24. The molecule has 1 amide bonds. The molecule has 1 N–H and O–H groups in total. The van der Waals surface area contributed by atoms with Gasteiger partial charge in [-0.15, -0.1) is 0 Å². The number of alkyl halides is 2. The van der Waals surface area contributed by atoms with Crippen molar-refractivity contribution in [3.8, 4) is 0 Å².